The van der Waals surface area contributed by atoms with E-state index in [1.54, 1.807) is 15.9 Å². The van der Waals surface area contributed by atoms with Gasteiger partial charge < -0.3 is 24.4 Å². The number of likely N-dealkylation sites (tertiary alicyclic amines) is 1. The SMILES string of the molecule is C=CCCCCOC(=O)[C@H]1[C@H]2C(=O)N([C@@H](CO)C(C)C)C(C(=O)N(CC=C)C(C)CCC)C23CC(C)[C@]1(C)O3. The molecule has 3 rings (SSSR count). The molecule has 3 fully saturated rings. The lowest BCUT2D eigenvalue weighted by atomic mass is 9.62. The molecule has 0 aromatic rings. The number of aliphatic hydroxyl groups excluding tert-OH is 1. The van der Waals surface area contributed by atoms with Crippen LogP contribution in [0.1, 0.15) is 80.1 Å². The molecule has 3 heterocycles. The van der Waals surface area contributed by atoms with E-state index in [-0.39, 0.29) is 42.9 Å². The van der Waals surface area contributed by atoms with Gasteiger partial charge in [-0.3, -0.25) is 14.4 Å². The first kappa shape index (κ1) is 31.3. The first-order valence-electron chi connectivity index (χ1n) is 14.8. The summed E-state index contributed by atoms with van der Waals surface area (Å²) in [5, 5.41) is 10.4. The van der Waals surface area contributed by atoms with Crippen LogP contribution in [0.15, 0.2) is 25.3 Å². The Kier molecular flexibility index (Phi) is 10.1. The van der Waals surface area contributed by atoms with Crippen molar-refractivity contribution in [1.82, 2.24) is 9.80 Å². The van der Waals surface area contributed by atoms with Gasteiger partial charge in [0.1, 0.15) is 17.6 Å². The van der Waals surface area contributed by atoms with Gasteiger partial charge in [-0.2, -0.15) is 0 Å². The Labute approximate surface area is 234 Å². The van der Waals surface area contributed by atoms with Gasteiger partial charge in [0.25, 0.3) is 0 Å². The number of aliphatic hydroxyl groups is 1. The summed E-state index contributed by atoms with van der Waals surface area (Å²) >= 11 is 0. The van der Waals surface area contributed by atoms with Crippen LogP contribution in [-0.2, 0) is 23.9 Å². The number of carbonyl (C=O) groups excluding carboxylic acids is 3. The topological polar surface area (TPSA) is 96.4 Å². The third-order valence-electron chi connectivity index (χ3n) is 9.45. The van der Waals surface area contributed by atoms with Gasteiger partial charge in [-0.05, 0) is 57.8 Å². The summed E-state index contributed by atoms with van der Waals surface area (Å²) in [4.78, 5) is 45.9. The molecule has 39 heavy (non-hydrogen) atoms. The summed E-state index contributed by atoms with van der Waals surface area (Å²) in [5.41, 5.74) is -2.09. The lowest BCUT2D eigenvalue weighted by molar-refractivity contribution is -0.164. The number of allylic oxidation sites excluding steroid dienone is 1. The van der Waals surface area contributed by atoms with Crippen molar-refractivity contribution in [3.05, 3.63) is 25.3 Å². The summed E-state index contributed by atoms with van der Waals surface area (Å²) in [7, 11) is 0. The maximum atomic E-state index is 14.5. The predicted octanol–water partition coefficient (Wildman–Crippen LogP) is 4.12. The molecular weight excluding hydrogens is 496 g/mol. The molecule has 4 unspecified atom stereocenters. The lowest BCUT2D eigenvalue weighted by Gasteiger charge is -2.42. The fraction of sp³-hybridized carbons (Fsp3) is 0.774. The summed E-state index contributed by atoms with van der Waals surface area (Å²) in [6.45, 7) is 19.8. The van der Waals surface area contributed by atoms with Gasteiger partial charge in [-0.15, -0.1) is 13.2 Å². The van der Waals surface area contributed by atoms with E-state index >= 15 is 0 Å². The highest BCUT2D eigenvalue weighted by atomic mass is 16.6. The van der Waals surface area contributed by atoms with Crippen molar-refractivity contribution in [1.29, 1.82) is 0 Å². The van der Waals surface area contributed by atoms with E-state index in [1.165, 1.54) is 0 Å². The van der Waals surface area contributed by atoms with Crippen molar-refractivity contribution in [2.75, 3.05) is 19.8 Å². The van der Waals surface area contributed by atoms with E-state index in [9.17, 15) is 19.5 Å². The normalized spacial score (nSPS) is 32.7. The minimum atomic E-state index is -1.16. The van der Waals surface area contributed by atoms with Crippen LogP contribution in [-0.4, -0.2) is 81.8 Å². The number of fused-ring (bicyclic) bond motifs is 1. The van der Waals surface area contributed by atoms with Crippen LogP contribution in [0.25, 0.3) is 0 Å². The van der Waals surface area contributed by atoms with Gasteiger partial charge >= 0.3 is 5.97 Å². The van der Waals surface area contributed by atoms with Crippen molar-refractivity contribution in [2.24, 2.45) is 23.7 Å². The van der Waals surface area contributed by atoms with Crippen molar-refractivity contribution in [3.63, 3.8) is 0 Å². The average molecular weight is 547 g/mol. The molecule has 0 radical (unpaired) electrons. The number of amides is 2. The predicted molar refractivity (Wildman–Crippen MR) is 151 cm³/mol. The first-order chi connectivity index (χ1) is 18.5. The maximum Gasteiger partial charge on any atom is 0.312 e. The van der Waals surface area contributed by atoms with Crippen molar-refractivity contribution in [3.8, 4) is 0 Å². The van der Waals surface area contributed by atoms with Gasteiger partial charge in [0.2, 0.25) is 11.8 Å². The van der Waals surface area contributed by atoms with Crippen molar-refractivity contribution >= 4 is 17.8 Å². The highest BCUT2D eigenvalue weighted by molar-refractivity contribution is 5.99. The average Bonchev–Trinajstić information content (AvgIpc) is 3.39. The number of esters is 1. The van der Waals surface area contributed by atoms with Crippen molar-refractivity contribution < 1.29 is 29.0 Å². The van der Waals surface area contributed by atoms with E-state index in [2.05, 4.69) is 20.1 Å². The lowest BCUT2D eigenvalue weighted by Crippen LogP contribution is -2.60. The zero-order chi connectivity index (χ0) is 29.1. The number of carbonyl (C=O) groups is 3. The quantitative estimate of drug-likeness (QED) is 0.189. The van der Waals surface area contributed by atoms with Gasteiger partial charge in [-0.1, -0.05) is 46.3 Å². The monoisotopic (exact) mass is 546 g/mol. The van der Waals surface area contributed by atoms with Crippen LogP contribution in [0.3, 0.4) is 0 Å². The second kappa shape index (κ2) is 12.5. The number of hydrogen-bond acceptors (Lipinski definition) is 6. The van der Waals surface area contributed by atoms with Crippen molar-refractivity contribution in [2.45, 2.75) is 109 Å². The Morgan fingerprint density at radius 1 is 1.26 bits per heavy atom. The minimum Gasteiger partial charge on any atom is -0.465 e. The number of ether oxygens (including phenoxy) is 2. The standard InChI is InChI=1S/C31H50N2O6/c1-9-12-13-14-17-38-29(37)25-24-27(35)33(23(19-34)20(4)5)26(31(24)18-21(6)30(25,8)39-31)28(36)32(16-11-3)22(7)15-10-2/h9,11,20-26,34H,1,3,10,12-19H2,2,4-8H3/t21?,22?,23-,24-,25+,26?,30-,31?/m0/s1. The summed E-state index contributed by atoms with van der Waals surface area (Å²) < 4.78 is 12.5. The molecule has 2 amide bonds. The molecule has 8 heteroatoms. The minimum absolute atomic E-state index is 0.0670. The fourth-order valence-electron chi connectivity index (χ4n) is 7.30. The number of unbranched alkanes of at least 4 members (excludes halogenated alkanes) is 2. The van der Waals surface area contributed by atoms with Gasteiger partial charge in [-0.25, -0.2) is 0 Å². The molecule has 0 aromatic carbocycles. The molecule has 1 spiro atoms. The molecule has 220 valence electrons. The largest absolute Gasteiger partial charge is 0.465 e. The highest BCUT2D eigenvalue weighted by Crippen LogP contribution is 2.65. The van der Waals surface area contributed by atoms with E-state index in [0.29, 0.717) is 19.4 Å². The molecule has 2 bridgehead atoms. The van der Waals surface area contributed by atoms with E-state index in [1.807, 2.05) is 40.7 Å². The number of rotatable bonds is 15. The van der Waals surface area contributed by atoms with Gasteiger partial charge in [0, 0.05) is 12.6 Å². The Hall–Kier alpha value is -2.19. The maximum absolute atomic E-state index is 14.5. The molecule has 3 aliphatic rings. The van der Waals surface area contributed by atoms with E-state index < -0.39 is 41.1 Å². The molecule has 3 aliphatic heterocycles. The first-order valence-corrected chi connectivity index (χ1v) is 14.8. The number of nitrogens with zero attached hydrogens (tertiary/aromatic N) is 2. The van der Waals surface area contributed by atoms with Gasteiger partial charge in [0.15, 0.2) is 0 Å². The zero-order valence-electron chi connectivity index (χ0n) is 24.9. The van der Waals surface area contributed by atoms with Crippen LogP contribution in [0, 0.1) is 23.7 Å². The summed E-state index contributed by atoms with van der Waals surface area (Å²) in [6.07, 6.45) is 8.15. The molecule has 0 aromatic heterocycles. The van der Waals surface area contributed by atoms with Crippen LogP contribution < -0.4 is 0 Å². The molecular formula is C31H50N2O6. The van der Waals surface area contributed by atoms with Gasteiger partial charge in [0.05, 0.1) is 30.8 Å². The third kappa shape index (κ3) is 5.31. The second-order valence-corrected chi connectivity index (χ2v) is 12.3. The highest BCUT2D eigenvalue weighted by Gasteiger charge is 2.81. The molecule has 1 N–H and O–H groups in total. The third-order valence-corrected chi connectivity index (χ3v) is 9.45. The molecule has 8 atom stereocenters. The van der Waals surface area contributed by atoms with E-state index in [0.717, 1.165) is 25.7 Å². The van der Waals surface area contributed by atoms with Crippen LogP contribution in [0.5, 0.6) is 0 Å². The molecule has 8 nitrogen and oxygen atoms in total. The Morgan fingerprint density at radius 3 is 2.51 bits per heavy atom. The summed E-state index contributed by atoms with van der Waals surface area (Å²) in [5.74, 6) is -2.78. The molecule has 3 saturated heterocycles. The van der Waals surface area contributed by atoms with Crippen LogP contribution >= 0.6 is 0 Å². The second-order valence-electron chi connectivity index (χ2n) is 12.3. The summed E-state index contributed by atoms with van der Waals surface area (Å²) in [6, 6.07) is -1.59. The fourth-order valence-corrected chi connectivity index (χ4v) is 7.30. The van der Waals surface area contributed by atoms with E-state index in [4.69, 9.17) is 9.47 Å². The zero-order valence-corrected chi connectivity index (χ0v) is 24.9. The Morgan fingerprint density at radius 2 is 1.95 bits per heavy atom. The molecule has 0 aliphatic carbocycles. The molecule has 0 saturated carbocycles. The van der Waals surface area contributed by atoms with Crippen LogP contribution in [0.2, 0.25) is 0 Å². The Balaban J connectivity index is 2.08. The Bertz CT molecular complexity index is 936. The smallest absolute Gasteiger partial charge is 0.312 e. The van der Waals surface area contributed by atoms with Crippen LogP contribution in [0.4, 0.5) is 0 Å². The number of hydrogen-bond donors (Lipinski definition) is 1.